The van der Waals surface area contributed by atoms with Crippen LogP contribution in [-0.4, -0.2) is 40.9 Å². The summed E-state index contributed by atoms with van der Waals surface area (Å²) in [5.41, 5.74) is 0. The largest absolute Gasteiger partial charge is 0.393 e. The van der Waals surface area contributed by atoms with E-state index >= 15 is 0 Å². The van der Waals surface area contributed by atoms with Crippen molar-refractivity contribution in [1.82, 2.24) is 4.90 Å². The molecule has 0 spiro atoms. The van der Waals surface area contributed by atoms with Crippen molar-refractivity contribution in [2.24, 2.45) is 5.92 Å². The van der Waals surface area contributed by atoms with Crippen LogP contribution in [0, 0.1) is 5.92 Å². The molecule has 0 amide bonds. The number of rotatable bonds is 4. The van der Waals surface area contributed by atoms with E-state index < -0.39 is 24.2 Å². The van der Waals surface area contributed by atoms with E-state index in [0.29, 0.717) is 6.54 Å². The van der Waals surface area contributed by atoms with Crippen LogP contribution in [0.15, 0.2) is 0 Å². The van der Waals surface area contributed by atoms with Crippen LogP contribution in [0.2, 0.25) is 0 Å². The highest BCUT2D eigenvalue weighted by Crippen LogP contribution is 2.40. The van der Waals surface area contributed by atoms with Crippen molar-refractivity contribution < 1.29 is 18.3 Å². The van der Waals surface area contributed by atoms with Gasteiger partial charge in [0.2, 0.25) is 0 Å². The lowest BCUT2D eigenvalue weighted by atomic mass is 9.81. The zero-order chi connectivity index (χ0) is 13.9. The number of halogens is 3. The molecule has 0 aliphatic heterocycles. The minimum Gasteiger partial charge on any atom is -0.393 e. The molecule has 1 aliphatic rings. The SMILES string of the molecule is CCCN(C(C)C)C1CC(O)CCC1C(F)(F)F. The number of nitrogens with zero attached hydrogens (tertiary/aromatic N) is 1. The van der Waals surface area contributed by atoms with Crippen molar-refractivity contribution in [3.05, 3.63) is 0 Å². The molecule has 3 atom stereocenters. The lowest BCUT2D eigenvalue weighted by Crippen LogP contribution is -2.53. The molecular formula is C13H24F3NO. The Morgan fingerprint density at radius 2 is 1.89 bits per heavy atom. The Hall–Kier alpha value is -0.290. The summed E-state index contributed by atoms with van der Waals surface area (Å²) in [6.45, 7) is 6.47. The molecule has 5 heteroatoms. The van der Waals surface area contributed by atoms with E-state index in [-0.39, 0.29) is 25.3 Å². The maximum atomic E-state index is 13.1. The van der Waals surface area contributed by atoms with Crippen LogP contribution in [0.5, 0.6) is 0 Å². The normalized spacial score (nSPS) is 30.2. The Labute approximate surface area is 107 Å². The first-order valence-corrected chi connectivity index (χ1v) is 6.77. The molecule has 1 aliphatic carbocycles. The van der Waals surface area contributed by atoms with Gasteiger partial charge in [-0.2, -0.15) is 13.2 Å². The summed E-state index contributed by atoms with van der Waals surface area (Å²) in [6.07, 6.45) is -3.38. The average Bonchev–Trinajstić information content (AvgIpc) is 2.23. The lowest BCUT2D eigenvalue weighted by molar-refractivity contribution is -0.206. The van der Waals surface area contributed by atoms with Crippen molar-refractivity contribution in [3.8, 4) is 0 Å². The van der Waals surface area contributed by atoms with Gasteiger partial charge < -0.3 is 5.11 Å². The second-order valence-corrected chi connectivity index (χ2v) is 5.51. The van der Waals surface area contributed by atoms with E-state index in [1.807, 2.05) is 25.7 Å². The van der Waals surface area contributed by atoms with Gasteiger partial charge in [0, 0.05) is 12.1 Å². The standard InChI is InChI=1S/C13H24F3NO/c1-4-7-17(9(2)3)12-8-10(18)5-6-11(12)13(14,15)16/h9-12,18H,4-8H2,1-3H3. The van der Waals surface area contributed by atoms with Crippen LogP contribution in [0.25, 0.3) is 0 Å². The highest BCUT2D eigenvalue weighted by molar-refractivity contribution is 4.91. The summed E-state index contributed by atoms with van der Waals surface area (Å²) in [5.74, 6) is -1.30. The Morgan fingerprint density at radius 1 is 1.28 bits per heavy atom. The minimum absolute atomic E-state index is 0.0439. The highest BCUT2D eigenvalue weighted by atomic mass is 19.4. The molecule has 0 saturated heterocycles. The van der Waals surface area contributed by atoms with Crippen LogP contribution >= 0.6 is 0 Å². The summed E-state index contributed by atoms with van der Waals surface area (Å²) in [4.78, 5) is 1.90. The van der Waals surface area contributed by atoms with E-state index in [9.17, 15) is 18.3 Å². The fourth-order valence-electron chi connectivity index (χ4n) is 2.94. The van der Waals surface area contributed by atoms with Crippen LogP contribution in [0.3, 0.4) is 0 Å². The van der Waals surface area contributed by atoms with Crippen LogP contribution in [0.1, 0.15) is 46.5 Å². The van der Waals surface area contributed by atoms with E-state index in [4.69, 9.17) is 0 Å². The third kappa shape index (κ3) is 3.85. The quantitative estimate of drug-likeness (QED) is 0.845. The Bertz CT molecular complexity index is 255. The number of alkyl halides is 3. The van der Waals surface area contributed by atoms with Gasteiger partial charge in [-0.05, 0) is 46.1 Å². The first-order valence-electron chi connectivity index (χ1n) is 6.77. The summed E-state index contributed by atoms with van der Waals surface area (Å²) in [5, 5.41) is 9.67. The van der Waals surface area contributed by atoms with Crippen LogP contribution in [-0.2, 0) is 0 Å². The number of hydrogen-bond donors (Lipinski definition) is 1. The zero-order valence-corrected chi connectivity index (χ0v) is 11.4. The third-order valence-electron chi connectivity index (χ3n) is 3.78. The maximum Gasteiger partial charge on any atom is 0.393 e. The first kappa shape index (κ1) is 15.8. The fourth-order valence-corrected chi connectivity index (χ4v) is 2.94. The van der Waals surface area contributed by atoms with Crippen molar-refractivity contribution in [2.45, 2.75) is 70.8 Å². The fraction of sp³-hybridized carbons (Fsp3) is 1.00. The predicted molar refractivity (Wildman–Crippen MR) is 65.3 cm³/mol. The Morgan fingerprint density at radius 3 is 2.33 bits per heavy atom. The Kier molecular flexibility index (Phi) is 5.46. The molecule has 18 heavy (non-hydrogen) atoms. The molecule has 0 aromatic carbocycles. The summed E-state index contributed by atoms with van der Waals surface area (Å²) >= 11 is 0. The maximum absolute atomic E-state index is 13.1. The summed E-state index contributed by atoms with van der Waals surface area (Å²) < 4.78 is 39.2. The molecule has 2 nitrogen and oxygen atoms in total. The molecular weight excluding hydrogens is 243 g/mol. The Balaban J connectivity index is 2.89. The van der Waals surface area contributed by atoms with E-state index in [1.54, 1.807) is 0 Å². The second kappa shape index (κ2) is 6.24. The molecule has 108 valence electrons. The minimum atomic E-state index is -4.16. The molecule has 0 aromatic rings. The molecule has 0 aromatic heterocycles. The predicted octanol–water partition coefficient (Wildman–Crippen LogP) is 3.20. The van der Waals surface area contributed by atoms with E-state index in [1.165, 1.54) is 0 Å². The van der Waals surface area contributed by atoms with Gasteiger partial charge in [0.15, 0.2) is 0 Å². The van der Waals surface area contributed by atoms with Crippen molar-refractivity contribution in [3.63, 3.8) is 0 Å². The van der Waals surface area contributed by atoms with Crippen LogP contribution in [0.4, 0.5) is 13.2 Å². The molecule has 0 bridgehead atoms. The van der Waals surface area contributed by atoms with Gasteiger partial charge in [0.25, 0.3) is 0 Å². The molecule has 3 unspecified atom stereocenters. The van der Waals surface area contributed by atoms with Gasteiger partial charge in [-0.1, -0.05) is 6.92 Å². The van der Waals surface area contributed by atoms with Gasteiger partial charge in [-0.3, -0.25) is 4.90 Å². The summed E-state index contributed by atoms with van der Waals surface area (Å²) in [6, 6.07) is -0.501. The van der Waals surface area contributed by atoms with Gasteiger partial charge in [-0.25, -0.2) is 0 Å². The molecule has 1 N–H and O–H groups in total. The summed E-state index contributed by atoms with van der Waals surface area (Å²) in [7, 11) is 0. The van der Waals surface area contributed by atoms with Crippen molar-refractivity contribution in [1.29, 1.82) is 0 Å². The van der Waals surface area contributed by atoms with E-state index in [2.05, 4.69) is 0 Å². The van der Waals surface area contributed by atoms with Crippen molar-refractivity contribution >= 4 is 0 Å². The molecule has 0 heterocycles. The second-order valence-electron chi connectivity index (χ2n) is 5.51. The molecule has 1 rings (SSSR count). The third-order valence-corrected chi connectivity index (χ3v) is 3.78. The lowest BCUT2D eigenvalue weighted by Gasteiger charge is -2.44. The van der Waals surface area contributed by atoms with Gasteiger partial charge in [0.05, 0.1) is 12.0 Å². The number of aliphatic hydroxyl groups excluding tert-OH is 1. The van der Waals surface area contributed by atoms with E-state index in [0.717, 1.165) is 6.42 Å². The molecule has 0 radical (unpaired) electrons. The zero-order valence-electron chi connectivity index (χ0n) is 11.4. The van der Waals surface area contributed by atoms with Gasteiger partial charge >= 0.3 is 6.18 Å². The van der Waals surface area contributed by atoms with Gasteiger partial charge in [-0.15, -0.1) is 0 Å². The van der Waals surface area contributed by atoms with Crippen LogP contribution < -0.4 is 0 Å². The monoisotopic (exact) mass is 267 g/mol. The van der Waals surface area contributed by atoms with Crippen molar-refractivity contribution in [2.75, 3.05) is 6.54 Å². The smallest absolute Gasteiger partial charge is 0.393 e. The number of hydrogen-bond acceptors (Lipinski definition) is 2. The molecule has 1 saturated carbocycles. The average molecular weight is 267 g/mol. The number of aliphatic hydroxyl groups is 1. The highest BCUT2D eigenvalue weighted by Gasteiger charge is 2.49. The first-order chi connectivity index (χ1) is 8.27. The van der Waals surface area contributed by atoms with Gasteiger partial charge in [0.1, 0.15) is 0 Å². The molecule has 1 fully saturated rings. The topological polar surface area (TPSA) is 23.5 Å².